The molecule has 3 rings (SSSR count). The van der Waals surface area contributed by atoms with Gasteiger partial charge in [0.25, 0.3) is 11.6 Å². The predicted molar refractivity (Wildman–Crippen MR) is 108 cm³/mol. The summed E-state index contributed by atoms with van der Waals surface area (Å²) in [5.41, 5.74) is 3.01. The normalized spacial score (nSPS) is 11.0. The van der Waals surface area contributed by atoms with E-state index in [0.29, 0.717) is 16.6 Å². The summed E-state index contributed by atoms with van der Waals surface area (Å²) in [7, 11) is 0. The summed E-state index contributed by atoms with van der Waals surface area (Å²) < 4.78 is 1.53. The minimum Gasteiger partial charge on any atom is -0.507 e. The number of non-ortho nitro benzene ring substituents is 1. The molecule has 1 amide bonds. The molecule has 148 valence electrons. The van der Waals surface area contributed by atoms with E-state index in [2.05, 4.69) is 15.6 Å². The number of benzene rings is 2. The van der Waals surface area contributed by atoms with Gasteiger partial charge in [0.2, 0.25) is 0 Å². The Bertz CT molecular complexity index is 1110. The Morgan fingerprint density at radius 1 is 1.28 bits per heavy atom. The number of nitro groups is 1. The minimum atomic E-state index is -0.602. The van der Waals surface area contributed by atoms with Crippen LogP contribution < -0.4 is 5.43 Å². The van der Waals surface area contributed by atoms with Gasteiger partial charge >= 0.3 is 0 Å². The van der Waals surface area contributed by atoms with Gasteiger partial charge in [0.1, 0.15) is 5.75 Å². The molecule has 0 bridgehead atoms. The van der Waals surface area contributed by atoms with Crippen molar-refractivity contribution in [3.8, 4) is 5.75 Å². The van der Waals surface area contributed by atoms with Crippen LogP contribution in [0, 0.1) is 10.1 Å². The smallest absolute Gasteiger partial charge is 0.291 e. The largest absolute Gasteiger partial charge is 0.507 e. The van der Waals surface area contributed by atoms with Crippen LogP contribution >= 0.6 is 23.2 Å². The van der Waals surface area contributed by atoms with Crippen molar-refractivity contribution in [3.05, 3.63) is 85.6 Å². The molecular formula is C18H13Cl2N5O4. The molecule has 0 aliphatic carbocycles. The number of nitro benzene ring substituents is 1. The Morgan fingerprint density at radius 3 is 2.79 bits per heavy atom. The van der Waals surface area contributed by atoms with Gasteiger partial charge in [-0.15, -0.1) is 0 Å². The number of aromatic nitrogens is 2. The van der Waals surface area contributed by atoms with E-state index >= 15 is 0 Å². The van der Waals surface area contributed by atoms with Crippen LogP contribution in [0.1, 0.15) is 21.6 Å². The fourth-order valence-corrected chi connectivity index (χ4v) is 2.84. The van der Waals surface area contributed by atoms with Gasteiger partial charge in [0.05, 0.1) is 17.7 Å². The second-order valence-corrected chi connectivity index (χ2v) is 6.68. The summed E-state index contributed by atoms with van der Waals surface area (Å²) in [6, 6.07) is 10.1. The van der Waals surface area contributed by atoms with Crippen LogP contribution in [0.4, 0.5) is 5.69 Å². The summed E-state index contributed by atoms with van der Waals surface area (Å²) in [5, 5.41) is 29.4. The first kappa shape index (κ1) is 20.3. The first-order valence-corrected chi connectivity index (χ1v) is 8.87. The highest BCUT2D eigenvalue weighted by atomic mass is 35.5. The number of amides is 1. The third-order valence-electron chi connectivity index (χ3n) is 3.81. The maximum atomic E-state index is 12.2. The number of halogens is 2. The van der Waals surface area contributed by atoms with Gasteiger partial charge in [-0.1, -0.05) is 29.3 Å². The van der Waals surface area contributed by atoms with E-state index in [0.717, 1.165) is 23.9 Å². The number of hydrogen-bond acceptors (Lipinski definition) is 6. The van der Waals surface area contributed by atoms with Crippen molar-refractivity contribution >= 4 is 41.0 Å². The van der Waals surface area contributed by atoms with Crippen LogP contribution in [-0.2, 0) is 6.54 Å². The van der Waals surface area contributed by atoms with Gasteiger partial charge in [0, 0.05) is 33.9 Å². The van der Waals surface area contributed by atoms with Crippen LogP contribution in [0.2, 0.25) is 10.0 Å². The van der Waals surface area contributed by atoms with Crippen LogP contribution in [-0.4, -0.2) is 31.9 Å². The molecule has 0 unspecified atom stereocenters. The Morgan fingerprint density at radius 2 is 2.07 bits per heavy atom. The Balaban J connectivity index is 1.65. The fourth-order valence-electron chi connectivity index (χ4n) is 2.37. The number of phenolic OH excluding ortho intramolecular Hbond substituents is 1. The summed E-state index contributed by atoms with van der Waals surface area (Å²) in [4.78, 5) is 22.3. The van der Waals surface area contributed by atoms with Crippen molar-refractivity contribution in [1.29, 1.82) is 0 Å². The zero-order chi connectivity index (χ0) is 21.0. The molecule has 1 aromatic heterocycles. The second-order valence-electron chi connectivity index (χ2n) is 5.83. The average Bonchev–Trinajstić information content (AvgIpc) is 3.14. The number of aromatic hydroxyl groups is 1. The van der Waals surface area contributed by atoms with Crippen LogP contribution in [0.3, 0.4) is 0 Å². The van der Waals surface area contributed by atoms with E-state index in [9.17, 15) is 20.0 Å². The predicted octanol–water partition coefficient (Wildman–Crippen LogP) is 3.62. The van der Waals surface area contributed by atoms with Crippen molar-refractivity contribution in [2.24, 2.45) is 5.10 Å². The topological polar surface area (TPSA) is 123 Å². The molecule has 11 heteroatoms. The Hall–Kier alpha value is -3.43. The third-order valence-corrected chi connectivity index (χ3v) is 4.40. The van der Waals surface area contributed by atoms with Crippen molar-refractivity contribution < 1.29 is 14.8 Å². The van der Waals surface area contributed by atoms with Crippen LogP contribution in [0.15, 0.2) is 53.8 Å². The number of nitrogens with zero attached hydrogens (tertiary/aromatic N) is 4. The van der Waals surface area contributed by atoms with Crippen molar-refractivity contribution in [1.82, 2.24) is 15.2 Å². The summed E-state index contributed by atoms with van der Waals surface area (Å²) in [6.45, 7) is 0.341. The molecule has 2 N–H and O–H groups in total. The number of hydrazone groups is 1. The van der Waals surface area contributed by atoms with Gasteiger partial charge < -0.3 is 5.11 Å². The molecular weight excluding hydrogens is 421 g/mol. The number of rotatable bonds is 6. The first-order valence-electron chi connectivity index (χ1n) is 8.11. The number of hydrogen-bond donors (Lipinski definition) is 2. The summed E-state index contributed by atoms with van der Waals surface area (Å²) in [5.74, 6) is -0.801. The molecule has 0 aliphatic heterocycles. The monoisotopic (exact) mass is 433 g/mol. The molecule has 0 saturated carbocycles. The lowest BCUT2D eigenvalue weighted by Gasteiger charge is -2.05. The third kappa shape index (κ3) is 5.09. The Labute approximate surface area is 174 Å². The molecule has 0 radical (unpaired) electrons. The first-order chi connectivity index (χ1) is 13.8. The number of phenols is 1. The van der Waals surface area contributed by atoms with E-state index in [4.69, 9.17) is 23.2 Å². The van der Waals surface area contributed by atoms with Crippen LogP contribution in [0.5, 0.6) is 5.75 Å². The van der Waals surface area contributed by atoms with Gasteiger partial charge in [-0.3, -0.25) is 19.6 Å². The van der Waals surface area contributed by atoms with Crippen molar-refractivity contribution in [2.45, 2.75) is 6.54 Å². The molecule has 0 saturated heterocycles. The maximum Gasteiger partial charge on any atom is 0.291 e. The molecule has 9 nitrogen and oxygen atoms in total. The molecule has 29 heavy (non-hydrogen) atoms. The van der Waals surface area contributed by atoms with Gasteiger partial charge in [-0.2, -0.15) is 10.2 Å². The van der Waals surface area contributed by atoms with E-state index in [1.165, 1.54) is 16.8 Å². The summed E-state index contributed by atoms with van der Waals surface area (Å²) >= 11 is 12.0. The maximum absolute atomic E-state index is 12.2. The highest BCUT2D eigenvalue weighted by molar-refractivity contribution is 6.35. The second kappa shape index (κ2) is 8.72. The number of carbonyl (C=O) groups is 1. The minimum absolute atomic E-state index is 0.0856. The molecule has 1 heterocycles. The van der Waals surface area contributed by atoms with Crippen LogP contribution in [0.25, 0.3) is 0 Å². The molecule has 0 fully saturated rings. The van der Waals surface area contributed by atoms with Gasteiger partial charge in [0.15, 0.2) is 5.69 Å². The number of carbonyl (C=O) groups excluding carboxylic acids is 1. The molecule has 0 atom stereocenters. The average molecular weight is 434 g/mol. The molecule has 3 aromatic rings. The molecule has 0 aliphatic rings. The van der Waals surface area contributed by atoms with Crippen molar-refractivity contribution in [2.75, 3.05) is 0 Å². The van der Waals surface area contributed by atoms with E-state index < -0.39 is 10.8 Å². The van der Waals surface area contributed by atoms with Gasteiger partial charge in [-0.05, 0) is 29.8 Å². The van der Waals surface area contributed by atoms with Gasteiger partial charge in [-0.25, -0.2) is 5.43 Å². The van der Waals surface area contributed by atoms with E-state index in [-0.39, 0.29) is 22.7 Å². The fraction of sp³-hybridized carbons (Fsp3) is 0.0556. The Kier molecular flexibility index (Phi) is 6.10. The lowest BCUT2D eigenvalue weighted by Crippen LogP contribution is -2.18. The summed E-state index contributed by atoms with van der Waals surface area (Å²) in [6.07, 6.45) is 2.71. The molecule has 0 spiro atoms. The highest BCUT2D eigenvalue weighted by Crippen LogP contribution is 2.22. The van der Waals surface area contributed by atoms with E-state index in [1.54, 1.807) is 24.4 Å². The lowest BCUT2D eigenvalue weighted by atomic mass is 10.2. The van der Waals surface area contributed by atoms with E-state index in [1.807, 2.05) is 0 Å². The quantitative estimate of drug-likeness (QED) is 0.349. The zero-order valence-corrected chi connectivity index (χ0v) is 16.1. The number of nitrogens with one attached hydrogen (secondary N) is 1. The standard InChI is InChI=1S/C18H13Cl2N5O4/c19-13-2-1-11(15(20)8-13)10-24-6-5-16(23-24)18(27)22-21-9-12-7-14(25(28)29)3-4-17(12)26/h1-9,26H,10H2,(H,22,27). The molecule has 2 aromatic carbocycles. The highest BCUT2D eigenvalue weighted by Gasteiger charge is 2.11. The van der Waals surface area contributed by atoms with Crippen molar-refractivity contribution in [3.63, 3.8) is 0 Å². The zero-order valence-electron chi connectivity index (χ0n) is 14.6. The lowest BCUT2D eigenvalue weighted by molar-refractivity contribution is -0.384. The SMILES string of the molecule is O=C(NN=Cc1cc([N+](=O)[O-])ccc1O)c1ccn(Cc2ccc(Cl)cc2Cl)n1.